The monoisotopic (exact) mass is 330 g/mol. The first-order valence-corrected chi connectivity index (χ1v) is 8.28. The van der Waals surface area contributed by atoms with E-state index < -0.39 is 0 Å². The molecule has 7 heteroatoms. The largest absolute Gasteiger partial charge is 0.369 e. The van der Waals surface area contributed by atoms with Gasteiger partial charge in [-0.05, 0) is 31.9 Å². The molecule has 3 rings (SSSR count). The number of imidazole rings is 1. The maximum absolute atomic E-state index is 12.6. The minimum Gasteiger partial charge on any atom is -0.369 e. The molecule has 1 fully saturated rings. The van der Waals surface area contributed by atoms with Crippen LogP contribution >= 0.6 is 0 Å². The molecule has 1 aromatic carbocycles. The first-order valence-electron chi connectivity index (χ1n) is 8.28. The van der Waals surface area contributed by atoms with Crippen molar-refractivity contribution in [3.63, 3.8) is 0 Å². The highest BCUT2D eigenvalue weighted by molar-refractivity contribution is 5.81. The fourth-order valence-electron chi connectivity index (χ4n) is 3.38. The van der Waals surface area contributed by atoms with Crippen LogP contribution in [0.25, 0.3) is 11.0 Å². The second-order valence-corrected chi connectivity index (χ2v) is 6.16. The predicted octanol–water partition coefficient (Wildman–Crippen LogP) is 0.547. The summed E-state index contributed by atoms with van der Waals surface area (Å²) in [5, 5.41) is 0. The average molecular weight is 330 g/mol. The Morgan fingerprint density at radius 1 is 1.12 bits per heavy atom. The summed E-state index contributed by atoms with van der Waals surface area (Å²) in [6, 6.07) is 7.49. The van der Waals surface area contributed by atoms with Gasteiger partial charge in [0.05, 0.1) is 11.0 Å². The molecule has 2 amide bonds. The van der Waals surface area contributed by atoms with Gasteiger partial charge in [0.25, 0.3) is 0 Å². The number of rotatable bonds is 4. The summed E-state index contributed by atoms with van der Waals surface area (Å²) in [4.78, 5) is 38.1. The Bertz CT molecular complexity index is 828. The van der Waals surface area contributed by atoms with Crippen molar-refractivity contribution in [2.24, 2.45) is 11.7 Å². The summed E-state index contributed by atoms with van der Waals surface area (Å²) in [5.41, 5.74) is 6.76. The minimum atomic E-state index is -0.302. The lowest BCUT2D eigenvalue weighted by Gasteiger charge is -2.30. The van der Waals surface area contributed by atoms with Gasteiger partial charge in [-0.3, -0.25) is 18.7 Å². The molecule has 0 bridgehead atoms. The van der Waals surface area contributed by atoms with Gasteiger partial charge in [-0.15, -0.1) is 0 Å². The fourth-order valence-corrected chi connectivity index (χ4v) is 3.38. The summed E-state index contributed by atoms with van der Waals surface area (Å²) < 4.78 is 3.20. The molecule has 0 saturated carbocycles. The highest BCUT2D eigenvalue weighted by Gasteiger charge is 2.26. The molecule has 0 atom stereocenters. The molecule has 128 valence electrons. The van der Waals surface area contributed by atoms with Crippen molar-refractivity contribution in [3.8, 4) is 0 Å². The number of nitrogens with zero attached hydrogens (tertiary/aromatic N) is 3. The number of amides is 2. The van der Waals surface area contributed by atoms with E-state index in [-0.39, 0.29) is 30.0 Å². The number of para-hydroxylation sites is 2. The molecule has 1 aliphatic rings. The second kappa shape index (κ2) is 6.51. The van der Waals surface area contributed by atoms with Gasteiger partial charge in [-0.25, -0.2) is 4.79 Å². The van der Waals surface area contributed by atoms with E-state index in [1.165, 1.54) is 4.57 Å². The van der Waals surface area contributed by atoms with Gasteiger partial charge >= 0.3 is 5.69 Å². The van der Waals surface area contributed by atoms with Crippen molar-refractivity contribution in [2.75, 3.05) is 13.1 Å². The van der Waals surface area contributed by atoms with Gasteiger partial charge in [-0.1, -0.05) is 12.1 Å². The Labute approximate surface area is 139 Å². The van der Waals surface area contributed by atoms with Crippen LogP contribution in [0.2, 0.25) is 0 Å². The van der Waals surface area contributed by atoms with Crippen LogP contribution in [0.15, 0.2) is 29.1 Å². The highest BCUT2D eigenvalue weighted by atomic mass is 16.2. The van der Waals surface area contributed by atoms with Crippen LogP contribution in [-0.4, -0.2) is 38.9 Å². The zero-order valence-electron chi connectivity index (χ0n) is 13.8. The number of carbonyl (C=O) groups is 2. The molecule has 2 aromatic rings. The number of hydrogen-bond acceptors (Lipinski definition) is 3. The summed E-state index contributed by atoms with van der Waals surface area (Å²) >= 11 is 0. The molecule has 1 saturated heterocycles. The minimum absolute atomic E-state index is 0.0214. The van der Waals surface area contributed by atoms with E-state index in [1.54, 1.807) is 9.47 Å². The number of carbonyl (C=O) groups excluding carboxylic acids is 2. The Hall–Kier alpha value is -2.57. The van der Waals surface area contributed by atoms with E-state index in [0.717, 1.165) is 11.0 Å². The van der Waals surface area contributed by atoms with Crippen molar-refractivity contribution in [1.82, 2.24) is 14.0 Å². The third-order valence-electron chi connectivity index (χ3n) is 4.78. The molecule has 2 N–H and O–H groups in total. The van der Waals surface area contributed by atoms with E-state index in [4.69, 9.17) is 5.73 Å². The summed E-state index contributed by atoms with van der Waals surface area (Å²) in [6.07, 6.45) is 1.18. The molecule has 2 heterocycles. The van der Waals surface area contributed by atoms with Gasteiger partial charge in [0.1, 0.15) is 6.54 Å². The third-order valence-corrected chi connectivity index (χ3v) is 4.78. The van der Waals surface area contributed by atoms with Crippen LogP contribution in [0, 0.1) is 5.92 Å². The standard InChI is InChI=1S/C17H22N4O3/c1-2-20-13-5-3-4-6-14(13)21(17(20)24)11-15(22)19-9-7-12(8-10-19)16(18)23/h3-6,12H,2,7-11H2,1H3,(H2,18,23). The number of nitrogens with two attached hydrogens (primary N) is 1. The van der Waals surface area contributed by atoms with Crippen molar-refractivity contribution >= 4 is 22.8 Å². The molecule has 1 aliphatic heterocycles. The van der Waals surface area contributed by atoms with Crippen molar-refractivity contribution < 1.29 is 9.59 Å². The van der Waals surface area contributed by atoms with Gasteiger partial charge in [0.15, 0.2) is 0 Å². The molecule has 0 spiro atoms. The fraction of sp³-hybridized carbons (Fsp3) is 0.471. The summed E-state index contributed by atoms with van der Waals surface area (Å²) in [5.74, 6) is -0.554. The molecule has 1 aromatic heterocycles. The lowest BCUT2D eigenvalue weighted by Crippen LogP contribution is -2.43. The number of aromatic nitrogens is 2. The van der Waals surface area contributed by atoms with Crippen molar-refractivity contribution in [3.05, 3.63) is 34.7 Å². The van der Waals surface area contributed by atoms with Crippen LogP contribution in [0.1, 0.15) is 19.8 Å². The van der Waals surface area contributed by atoms with E-state index in [2.05, 4.69) is 0 Å². The Morgan fingerprint density at radius 3 is 2.25 bits per heavy atom. The molecule has 7 nitrogen and oxygen atoms in total. The smallest absolute Gasteiger partial charge is 0.329 e. The van der Waals surface area contributed by atoms with Crippen LogP contribution in [0.5, 0.6) is 0 Å². The zero-order valence-corrected chi connectivity index (χ0v) is 13.8. The number of aryl methyl sites for hydroxylation is 1. The zero-order chi connectivity index (χ0) is 17.3. The van der Waals surface area contributed by atoms with Gasteiger partial charge in [0, 0.05) is 25.6 Å². The lowest BCUT2D eigenvalue weighted by molar-refractivity contribution is -0.135. The lowest BCUT2D eigenvalue weighted by atomic mass is 9.96. The SMILES string of the molecule is CCn1c(=O)n(CC(=O)N2CCC(C(N)=O)CC2)c2ccccc21. The molecule has 0 radical (unpaired) electrons. The van der Waals surface area contributed by atoms with Crippen LogP contribution in [-0.2, 0) is 22.7 Å². The Balaban J connectivity index is 1.81. The van der Waals surface area contributed by atoms with Gasteiger partial charge in [-0.2, -0.15) is 0 Å². The van der Waals surface area contributed by atoms with Crippen molar-refractivity contribution in [2.45, 2.75) is 32.9 Å². The molecule has 0 unspecified atom stereocenters. The second-order valence-electron chi connectivity index (χ2n) is 6.16. The number of piperidine rings is 1. The Morgan fingerprint density at radius 2 is 1.71 bits per heavy atom. The number of fused-ring (bicyclic) bond motifs is 1. The van der Waals surface area contributed by atoms with Gasteiger partial charge in [0.2, 0.25) is 11.8 Å². The first kappa shape index (κ1) is 16.3. The van der Waals surface area contributed by atoms with Crippen LogP contribution < -0.4 is 11.4 Å². The van der Waals surface area contributed by atoms with Gasteiger partial charge < -0.3 is 10.6 Å². The number of primary amides is 1. The quantitative estimate of drug-likeness (QED) is 0.887. The number of likely N-dealkylation sites (tertiary alicyclic amines) is 1. The van der Waals surface area contributed by atoms with E-state index in [0.29, 0.717) is 32.5 Å². The molecular weight excluding hydrogens is 308 g/mol. The highest BCUT2D eigenvalue weighted by Crippen LogP contribution is 2.18. The molecule has 0 aliphatic carbocycles. The van der Waals surface area contributed by atoms with Crippen LogP contribution in [0.3, 0.4) is 0 Å². The molecular formula is C17H22N4O3. The number of benzene rings is 1. The average Bonchev–Trinajstić information content (AvgIpc) is 2.86. The van der Waals surface area contributed by atoms with Crippen molar-refractivity contribution in [1.29, 1.82) is 0 Å². The predicted molar refractivity (Wildman–Crippen MR) is 90.4 cm³/mol. The topological polar surface area (TPSA) is 90.3 Å². The van der Waals surface area contributed by atoms with E-state index >= 15 is 0 Å². The van der Waals surface area contributed by atoms with E-state index in [9.17, 15) is 14.4 Å². The first-order chi connectivity index (χ1) is 11.5. The normalized spacial score (nSPS) is 15.8. The maximum atomic E-state index is 12.6. The summed E-state index contributed by atoms with van der Waals surface area (Å²) in [6.45, 7) is 3.51. The summed E-state index contributed by atoms with van der Waals surface area (Å²) in [7, 11) is 0. The third kappa shape index (κ3) is 2.81. The molecule has 24 heavy (non-hydrogen) atoms. The maximum Gasteiger partial charge on any atom is 0.329 e. The Kier molecular flexibility index (Phi) is 4.42. The number of hydrogen-bond donors (Lipinski definition) is 1. The van der Waals surface area contributed by atoms with Crippen LogP contribution in [0.4, 0.5) is 0 Å². The van der Waals surface area contributed by atoms with E-state index in [1.807, 2.05) is 31.2 Å².